The highest BCUT2D eigenvalue weighted by molar-refractivity contribution is 5.86. The van der Waals surface area contributed by atoms with Crippen molar-refractivity contribution in [1.29, 1.82) is 0 Å². The number of carbonyl (C=O) groups excluding carboxylic acids is 1. The minimum Gasteiger partial charge on any atom is -0.296 e. The maximum Gasteiger partial charge on any atom is 0.416 e. The zero-order valence-electron chi connectivity index (χ0n) is 9.38. The summed E-state index contributed by atoms with van der Waals surface area (Å²) < 4.78 is 37.2. The van der Waals surface area contributed by atoms with Crippen LogP contribution in [-0.2, 0) is 6.18 Å². The van der Waals surface area contributed by atoms with Crippen molar-refractivity contribution in [2.75, 3.05) is 0 Å². The Kier molecular flexibility index (Phi) is 2.94. The molecule has 3 nitrogen and oxygen atoms in total. The Morgan fingerprint density at radius 1 is 1.22 bits per heavy atom. The number of halogens is 3. The Morgan fingerprint density at radius 3 is 2.33 bits per heavy atom. The highest BCUT2D eigenvalue weighted by Gasteiger charge is 2.30. The van der Waals surface area contributed by atoms with Crippen LogP contribution in [0.25, 0.3) is 11.1 Å². The van der Waals surface area contributed by atoms with Gasteiger partial charge >= 0.3 is 6.18 Å². The van der Waals surface area contributed by atoms with E-state index in [1.807, 2.05) is 0 Å². The van der Waals surface area contributed by atoms with Gasteiger partial charge in [0.15, 0.2) is 6.29 Å². The highest BCUT2D eigenvalue weighted by atomic mass is 19.4. The number of aromatic nitrogens is 2. The molecule has 0 atom stereocenters. The third-order valence-electron chi connectivity index (χ3n) is 2.59. The number of H-pyrrole nitrogens is 1. The van der Waals surface area contributed by atoms with Gasteiger partial charge in [-0.25, -0.2) is 0 Å². The van der Waals surface area contributed by atoms with Gasteiger partial charge in [0.2, 0.25) is 0 Å². The van der Waals surface area contributed by atoms with Crippen LogP contribution in [0.4, 0.5) is 13.2 Å². The zero-order valence-corrected chi connectivity index (χ0v) is 9.38. The lowest BCUT2D eigenvalue weighted by molar-refractivity contribution is -0.137. The largest absolute Gasteiger partial charge is 0.416 e. The number of aldehydes is 1. The van der Waals surface area contributed by atoms with Crippen LogP contribution in [0.5, 0.6) is 0 Å². The van der Waals surface area contributed by atoms with Gasteiger partial charge in [-0.15, -0.1) is 0 Å². The van der Waals surface area contributed by atoms with Gasteiger partial charge < -0.3 is 0 Å². The Morgan fingerprint density at radius 2 is 1.83 bits per heavy atom. The molecule has 1 aromatic carbocycles. The van der Waals surface area contributed by atoms with Gasteiger partial charge in [0, 0.05) is 11.3 Å². The normalized spacial score (nSPS) is 11.6. The number of benzene rings is 1. The van der Waals surface area contributed by atoms with Crippen LogP contribution < -0.4 is 0 Å². The van der Waals surface area contributed by atoms with Gasteiger partial charge in [-0.3, -0.25) is 9.89 Å². The van der Waals surface area contributed by atoms with Crippen LogP contribution in [0.1, 0.15) is 21.7 Å². The second-order valence-electron chi connectivity index (χ2n) is 3.80. The van der Waals surface area contributed by atoms with Crippen LogP contribution in [-0.4, -0.2) is 16.5 Å². The first-order chi connectivity index (χ1) is 8.43. The molecule has 0 saturated carbocycles. The van der Waals surface area contributed by atoms with Crippen molar-refractivity contribution in [1.82, 2.24) is 10.2 Å². The second-order valence-corrected chi connectivity index (χ2v) is 3.80. The number of hydrogen-bond donors (Lipinski definition) is 1. The molecule has 0 bridgehead atoms. The van der Waals surface area contributed by atoms with E-state index in [4.69, 9.17) is 0 Å². The lowest BCUT2D eigenvalue weighted by Gasteiger charge is -2.07. The molecule has 0 fully saturated rings. The molecule has 0 aliphatic carbocycles. The SMILES string of the molecule is Cc1[nH]nc(C=O)c1-c1ccc(C(F)(F)F)cc1. The van der Waals surface area contributed by atoms with Crippen LogP contribution in [0.3, 0.4) is 0 Å². The lowest BCUT2D eigenvalue weighted by atomic mass is 10.0. The maximum atomic E-state index is 12.4. The molecular weight excluding hydrogens is 245 g/mol. The van der Waals surface area contributed by atoms with E-state index in [1.165, 1.54) is 12.1 Å². The summed E-state index contributed by atoms with van der Waals surface area (Å²) in [6.07, 6.45) is -3.80. The predicted octanol–water partition coefficient (Wildman–Crippen LogP) is 3.22. The third kappa shape index (κ3) is 2.13. The van der Waals surface area contributed by atoms with E-state index in [-0.39, 0.29) is 5.69 Å². The monoisotopic (exact) mass is 254 g/mol. The zero-order chi connectivity index (χ0) is 13.3. The molecule has 1 N–H and O–H groups in total. The van der Waals surface area contributed by atoms with Crippen LogP contribution in [0.15, 0.2) is 24.3 Å². The molecule has 0 aliphatic rings. The smallest absolute Gasteiger partial charge is 0.296 e. The number of nitrogens with one attached hydrogen (secondary N) is 1. The number of hydrogen-bond acceptors (Lipinski definition) is 2. The molecular formula is C12H9F3N2O. The van der Waals surface area contributed by atoms with Gasteiger partial charge in [0.25, 0.3) is 0 Å². The topological polar surface area (TPSA) is 45.8 Å². The minimum absolute atomic E-state index is 0.187. The molecule has 1 heterocycles. The quantitative estimate of drug-likeness (QED) is 0.836. The Labute approximate surface area is 101 Å². The minimum atomic E-state index is -4.36. The fourth-order valence-electron chi connectivity index (χ4n) is 1.72. The van der Waals surface area contributed by atoms with Crippen molar-refractivity contribution in [2.45, 2.75) is 13.1 Å². The Bertz CT molecular complexity index is 570. The molecule has 6 heteroatoms. The molecule has 0 aliphatic heterocycles. The summed E-state index contributed by atoms with van der Waals surface area (Å²) in [5.41, 5.74) is 1.15. The lowest BCUT2D eigenvalue weighted by Crippen LogP contribution is -2.04. The molecule has 0 radical (unpaired) electrons. The number of rotatable bonds is 2. The van der Waals surface area contributed by atoms with Crippen molar-refractivity contribution in [3.63, 3.8) is 0 Å². The second kappa shape index (κ2) is 4.29. The van der Waals surface area contributed by atoms with E-state index in [0.29, 0.717) is 23.1 Å². The van der Waals surface area contributed by atoms with Gasteiger partial charge in [0.05, 0.1) is 5.56 Å². The predicted molar refractivity (Wildman–Crippen MR) is 59.2 cm³/mol. The number of carbonyl (C=O) groups is 1. The Hall–Kier alpha value is -2.11. The van der Waals surface area contributed by atoms with Crippen molar-refractivity contribution < 1.29 is 18.0 Å². The average molecular weight is 254 g/mol. The van der Waals surface area contributed by atoms with E-state index in [0.717, 1.165) is 12.1 Å². The molecule has 1 aromatic heterocycles. The third-order valence-corrected chi connectivity index (χ3v) is 2.59. The van der Waals surface area contributed by atoms with Gasteiger partial charge in [0.1, 0.15) is 5.69 Å². The van der Waals surface area contributed by atoms with Crippen LogP contribution >= 0.6 is 0 Å². The molecule has 0 amide bonds. The standard InChI is InChI=1S/C12H9F3N2O/c1-7-11(10(6-18)17-16-7)8-2-4-9(5-3-8)12(13,14)15/h2-6H,1H3,(H,16,17). The first kappa shape index (κ1) is 12.3. The number of alkyl halides is 3. The molecule has 2 rings (SSSR count). The van der Waals surface area contributed by atoms with E-state index >= 15 is 0 Å². The summed E-state index contributed by atoms with van der Waals surface area (Å²) >= 11 is 0. The molecule has 0 saturated heterocycles. The first-order valence-corrected chi connectivity index (χ1v) is 5.11. The van der Waals surface area contributed by atoms with Crippen molar-refractivity contribution in [3.8, 4) is 11.1 Å². The number of nitrogens with zero attached hydrogens (tertiary/aromatic N) is 1. The van der Waals surface area contributed by atoms with Crippen molar-refractivity contribution in [3.05, 3.63) is 41.2 Å². The summed E-state index contributed by atoms with van der Waals surface area (Å²) in [4.78, 5) is 10.8. The number of aromatic amines is 1. The van der Waals surface area contributed by atoms with E-state index in [1.54, 1.807) is 6.92 Å². The van der Waals surface area contributed by atoms with Crippen molar-refractivity contribution in [2.24, 2.45) is 0 Å². The van der Waals surface area contributed by atoms with Crippen molar-refractivity contribution >= 4 is 6.29 Å². The maximum absolute atomic E-state index is 12.4. The molecule has 0 spiro atoms. The number of aryl methyl sites for hydroxylation is 1. The molecule has 94 valence electrons. The van der Waals surface area contributed by atoms with Gasteiger partial charge in [-0.05, 0) is 24.6 Å². The first-order valence-electron chi connectivity index (χ1n) is 5.11. The molecule has 0 unspecified atom stereocenters. The fraction of sp³-hybridized carbons (Fsp3) is 0.167. The van der Waals surface area contributed by atoms with E-state index < -0.39 is 11.7 Å². The van der Waals surface area contributed by atoms with Crippen LogP contribution in [0, 0.1) is 6.92 Å². The average Bonchev–Trinajstić information content (AvgIpc) is 2.69. The van der Waals surface area contributed by atoms with E-state index in [9.17, 15) is 18.0 Å². The summed E-state index contributed by atoms with van der Waals surface area (Å²) in [5, 5.41) is 6.39. The van der Waals surface area contributed by atoms with E-state index in [2.05, 4.69) is 10.2 Å². The summed E-state index contributed by atoms with van der Waals surface area (Å²) in [7, 11) is 0. The molecule has 18 heavy (non-hydrogen) atoms. The fourth-order valence-corrected chi connectivity index (χ4v) is 1.72. The highest BCUT2D eigenvalue weighted by Crippen LogP contribution is 2.32. The summed E-state index contributed by atoms with van der Waals surface area (Å²) in [6.45, 7) is 1.70. The molecule has 2 aromatic rings. The summed E-state index contributed by atoms with van der Waals surface area (Å²) in [6, 6.07) is 4.62. The van der Waals surface area contributed by atoms with Gasteiger partial charge in [-0.2, -0.15) is 18.3 Å². The Balaban J connectivity index is 2.46. The van der Waals surface area contributed by atoms with Crippen LogP contribution in [0.2, 0.25) is 0 Å². The van der Waals surface area contributed by atoms with Gasteiger partial charge in [-0.1, -0.05) is 12.1 Å². The summed E-state index contributed by atoms with van der Waals surface area (Å²) in [5.74, 6) is 0.